The molecule has 34 heavy (non-hydrogen) atoms. The van der Waals surface area contributed by atoms with Crippen LogP contribution in [0.25, 0.3) is 0 Å². The number of hydrogen-bond donors (Lipinski definition) is 1. The maximum Gasteiger partial charge on any atom is 0.416 e. The van der Waals surface area contributed by atoms with Crippen molar-refractivity contribution in [2.45, 2.75) is 11.1 Å². The van der Waals surface area contributed by atoms with E-state index in [1.54, 1.807) is 12.1 Å². The highest BCUT2D eigenvalue weighted by atomic mass is 32.2. The van der Waals surface area contributed by atoms with E-state index in [4.69, 9.17) is 9.47 Å². The fourth-order valence-electron chi connectivity index (χ4n) is 3.12. The zero-order valence-electron chi connectivity index (χ0n) is 18.2. The highest BCUT2D eigenvalue weighted by Crippen LogP contribution is 2.36. The molecule has 0 saturated carbocycles. The van der Waals surface area contributed by atoms with Gasteiger partial charge in [-0.25, -0.2) is 8.42 Å². The number of nitrogens with zero attached hydrogens (tertiary/aromatic N) is 1. The van der Waals surface area contributed by atoms with Crippen LogP contribution in [0.15, 0.2) is 77.7 Å². The summed E-state index contributed by atoms with van der Waals surface area (Å²) in [6.45, 7) is -0.739. The van der Waals surface area contributed by atoms with E-state index >= 15 is 0 Å². The van der Waals surface area contributed by atoms with E-state index in [9.17, 15) is 26.4 Å². The number of carbonyl (C=O) groups excluding carboxylic acids is 1. The Kier molecular flexibility index (Phi) is 7.35. The average molecular weight is 494 g/mol. The van der Waals surface area contributed by atoms with Gasteiger partial charge < -0.3 is 14.8 Å². The summed E-state index contributed by atoms with van der Waals surface area (Å²) in [5.41, 5.74) is -1.06. The number of halogens is 3. The van der Waals surface area contributed by atoms with E-state index in [1.165, 1.54) is 56.7 Å². The van der Waals surface area contributed by atoms with Crippen molar-refractivity contribution >= 4 is 27.3 Å². The number of hydrogen-bond acceptors (Lipinski definition) is 5. The first kappa shape index (κ1) is 24.9. The van der Waals surface area contributed by atoms with Crippen molar-refractivity contribution in [3.63, 3.8) is 0 Å². The molecule has 0 spiro atoms. The summed E-state index contributed by atoms with van der Waals surface area (Å²) < 4.78 is 77.3. The number of alkyl halides is 3. The number of methoxy groups -OCH3 is 2. The van der Waals surface area contributed by atoms with E-state index in [1.807, 2.05) is 0 Å². The predicted molar refractivity (Wildman–Crippen MR) is 121 cm³/mol. The molecule has 1 N–H and O–H groups in total. The monoisotopic (exact) mass is 494 g/mol. The minimum absolute atomic E-state index is 0.0184. The van der Waals surface area contributed by atoms with E-state index in [-0.39, 0.29) is 22.0 Å². The van der Waals surface area contributed by atoms with Crippen LogP contribution in [0, 0.1) is 0 Å². The second-order valence-electron chi connectivity index (χ2n) is 6.99. The molecule has 3 aromatic carbocycles. The van der Waals surface area contributed by atoms with Crippen LogP contribution in [0.5, 0.6) is 11.5 Å². The first-order valence-electron chi connectivity index (χ1n) is 9.83. The molecule has 0 aliphatic heterocycles. The van der Waals surface area contributed by atoms with Gasteiger partial charge >= 0.3 is 6.18 Å². The van der Waals surface area contributed by atoms with Gasteiger partial charge in [0, 0.05) is 11.8 Å². The second-order valence-corrected chi connectivity index (χ2v) is 8.85. The van der Waals surface area contributed by atoms with E-state index < -0.39 is 34.2 Å². The normalized spacial score (nSPS) is 11.6. The molecule has 0 heterocycles. The highest BCUT2D eigenvalue weighted by molar-refractivity contribution is 7.92. The Labute approximate surface area is 194 Å². The molecule has 0 atom stereocenters. The molecule has 0 aromatic heterocycles. The van der Waals surface area contributed by atoms with Gasteiger partial charge in [0.25, 0.3) is 10.0 Å². The van der Waals surface area contributed by atoms with Crippen LogP contribution < -0.4 is 19.1 Å². The smallest absolute Gasteiger partial charge is 0.416 e. The lowest BCUT2D eigenvalue weighted by Gasteiger charge is -2.26. The molecule has 3 aromatic rings. The summed E-state index contributed by atoms with van der Waals surface area (Å²) in [5, 5.41) is 2.33. The Balaban J connectivity index is 2.01. The lowest BCUT2D eigenvalue weighted by atomic mass is 10.2. The van der Waals surface area contributed by atoms with Gasteiger partial charge in [0.1, 0.15) is 18.0 Å². The maximum absolute atomic E-state index is 13.5. The Hall–Kier alpha value is -3.73. The van der Waals surface area contributed by atoms with Gasteiger partial charge in [-0.05, 0) is 42.5 Å². The molecular weight excluding hydrogens is 473 g/mol. The summed E-state index contributed by atoms with van der Waals surface area (Å²) in [4.78, 5) is 12.7. The first-order valence-corrected chi connectivity index (χ1v) is 11.3. The quantitative estimate of drug-likeness (QED) is 0.497. The van der Waals surface area contributed by atoms with Crippen LogP contribution in [-0.4, -0.2) is 35.1 Å². The number of anilines is 2. The fourth-order valence-corrected chi connectivity index (χ4v) is 4.56. The number of amides is 1. The van der Waals surface area contributed by atoms with Crippen LogP contribution in [-0.2, 0) is 21.0 Å². The molecule has 3 rings (SSSR count). The number of benzene rings is 3. The van der Waals surface area contributed by atoms with Crippen LogP contribution in [0.4, 0.5) is 24.5 Å². The molecular formula is C23H21F3N2O5S. The van der Waals surface area contributed by atoms with Gasteiger partial charge in [-0.3, -0.25) is 9.10 Å². The predicted octanol–water partition coefficient (Wildman–Crippen LogP) is 4.56. The van der Waals surface area contributed by atoms with Crippen molar-refractivity contribution in [3.05, 3.63) is 78.4 Å². The molecule has 0 radical (unpaired) electrons. The minimum atomic E-state index is -4.60. The third-order valence-electron chi connectivity index (χ3n) is 4.75. The van der Waals surface area contributed by atoms with Crippen molar-refractivity contribution < 1.29 is 35.9 Å². The fraction of sp³-hybridized carbons (Fsp3) is 0.174. The standard InChI is InChI=1S/C23H21F3N2O5S/c1-32-18-11-12-21(33-2)20(14-18)28(34(30,31)19-9-4-3-5-10-19)15-22(29)27-17-8-6-7-16(13-17)23(24,25)26/h3-14H,15H2,1-2H3,(H,27,29). The summed E-state index contributed by atoms with van der Waals surface area (Å²) >= 11 is 0. The second kappa shape index (κ2) is 10.0. The van der Waals surface area contributed by atoms with Gasteiger partial charge in [-0.1, -0.05) is 24.3 Å². The Bertz CT molecular complexity index is 1270. The van der Waals surface area contributed by atoms with Crippen LogP contribution in [0.1, 0.15) is 5.56 Å². The van der Waals surface area contributed by atoms with Gasteiger partial charge in [0.2, 0.25) is 5.91 Å². The molecule has 0 aliphatic rings. The maximum atomic E-state index is 13.5. The molecule has 1 amide bonds. The van der Waals surface area contributed by atoms with Crippen molar-refractivity contribution in [1.82, 2.24) is 0 Å². The van der Waals surface area contributed by atoms with Crippen molar-refractivity contribution in [2.75, 3.05) is 30.4 Å². The molecule has 0 saturated heterocycles. The molecule has 0 unspecified atom stereocenters. The lowest BCUT2D eigenvalue weighted by Crippen LogP contribution is -2.38. The van der Waals surface area contributed by atoms with Gasteiger partial charge in [0.05, 0.1) is 30.4 Å². The number of ether oxygens (including phenoxy) is 2. The number of sulfonamides is 1. The van der Waals surface area contributed by atoms with Crippen molar-refractivity contribution in [2.24, 2.45) is 0 Å². The van der Waals surface area contributed by atoms with Crippen LogP contribution in [0.2, 0.25) is 0 Å². The van der Waals surface area contributed by atoms with E-state index in [2.05, 4.69) is 5.32 Å². The number of carbonyl (C=O) groups is 1. The minimum Gasteiger partial charge on any atom is -0.497 e. The zero-order chi connectivity index (χ0) is 24.9. The largest absolute Gasteiger partial charge is 0.497 e. The molecule has 0 bridgehead atoms. The number of nitrogens with one attached hydrogen (secondary N) is 1. The van der Waals surface area contributed by atoms with E-state index in [0.717, 1.165) is 22.5 Å². The molecule has 180 valence electrons. The topological polar surface area (TPSA) is 84.9 Å². The lowest BCUT2D eigenvalue weighted by molar-refractivity contribution is -0.137. The first-order chi connectivity index (χ1) is 16.1. The highest BCUT2D eigenvalue weighted by Gasteiger charge is 2.32. The van der Waals surface area contributed by atoms with Gasteiger partial charge in [-0.2, -0.15) is 13.2 Å². The number of rotatable bonds is 8. The summed E-state index contributed by atoms with van der Waals surface area (Å²) in [5.74, 6) is -0.404. The summed E-state index contributed by atoms with van der Waals surface area (Å²) in [6.07, 6.45) is -4.60. The van der Waals surface area contributed by atoms with Gasteiger partial charge in [0.15, 0.2) is 0 Å². The average Bonchev–Trinajstić information content (AvgIpc) is 2.82. The molecule has 7 nitrogen and oxygen atoms in total. The Morgan fingerprint density at radius 2 is 1.65 bits per heavy atom. The third-order valence-corrected chi connectivity index (χ3v) is 6.52. The SMILES string of the molecule is COc1ccc(OC)c(N(CC(=O)Nc2cccc(C(F)(F)F)c2)S(=O)(=O)c2ccccc2)c1. The third kappa shape index (κ3) is 5.60. The Morgan fingerprint density at radius 3 is 2.26 bits per heavy atom. The summed E-state index contributed by atoms with van der Waals surface area (Å²) in [6, 6.07) is 15.9. The van der Waals surface area contributed by atoms with Crippen molar-refractivity contribution in [1.29, 1.82) is 0 Å². The molecule has 0 fully saturated rings. The van der Waals surface area contributed by atoms with Gasteiger partial charge in [-0.15, -0.1) is 0 Å². The Morgan fingerprint density at radius 1 is 0.941 bits per heavy atom. The zero-order valence-corrected chi connectivity index (χ0v) is 19.0. The van der Waals surface area contributed by atoms with Crippen molar-refractivity contribution in [3.8, 4) is 11.5 Å². The van der Waals surface area contributed by atoms with E-state index in [0.29, 0.717) is 5.75 Å². The summed E-state index contributed by atoms with van der Waals surface area (Å²) in [7, 11) is -1.55. The molecule has 11 heteroatoms. The van der Waals surface area contributed by atoms with Crippen LogP contribution >= 0.6 is 0 Å². The molecule has 0 aliphatic carbocycles. The van der Waals surface area contributed by atoms with Crippen LogP contribution in [0.3, 0.4) is 0 Å².